The molecule has 0 N–H and O–H groups in total. The Balaban J connectivity index is 1.89. The van der Waals surface area contributed by atoms with Gasteiger partial charge in [-0.05, 0) is 49.5 Å². The van der Waals surface area contributed by atoms with Gasteiger partial charge >= 0.3 is 0 Å². The third kappa shape index (κ3) is 1.24. The maximum atomic E-state index is 4.83. The van der Waals surface area contributed by atoms with Gasteiger partial charge in [-0.25, -0.2) is 4.99 Å². The third-order valence-corrected chi connectivity index (χ3v) is 4.38. The van der Waals surface area contributed by atoms with Crippen molar-refractivity contribution in [2.45, 2.75) is 19.3 Å². The minimum atomic E-state index is 1.08. The predicted octanol–water partition coefficient (Wildman–Crippen LogP) is 3.35. The predicted molar refractivity (Wildman–Crippen MR) is 78.9 cm³/mol. The molecule has 20 heavy (non-hydrogen) atoms. The second-order valence-corrected chi connectivity index (χ2v) is 5.55. The lowest BCUT2D eigenvalue weighted by atomic mass is 9.88. The number of rotatable bonds is 0. The van der Waals surface area contributed by atoms with E-state index in [1.54, 1.807) is 0 Å². The van der Waals surface area contributed by atoms with Gasteiger partial charge in [-0.15, -0.1) is 0 Å². The Kier molecular flexibility index (Phi) is 1.93. The lowest BCUT2D eigenvalue weighted by Crippen LogP contribution is -2.14. The van der Waals surface area contributed by atoms with Crippen molar-refractivity contribution in [1.82, 2.24) is 0 Å². The Morgan fingerprint density at radius 2 is 1.70 bits per heavy atom. The Morgan fingerprint density at radius 1 is 0.850 bits per heavy atom. The van der Waals surface area contributed by atoms with Gasteiger partial charge in [0, 0.05) is 22.4 Å². The first-order valence-corrected chi connectivity index (χ1v) is 7.18. The summed E-state index contributed by atoms with van der Waals surface area (Å²) in [6.07, 6.45) is 5.85. The molecule has 5 rings (SSSR count). The lowest BCUT2D eigenvalue weighted by molar-refractivity contribution is 0.784. The molecule has 0 bridgehead atoms. The average Bonchev–Trinajstić information content (AvgIpc) is 3.04. The second-order valence-electron chi connectivity index (χ2n) is 5.55. The highest BCUT2D eigenvalue weighted by Gasteiger charge is 2.27. The molecule has 2 heterocycles. The molecule has 2 heteroatoms. The van der Waals surface area contributed by atoms with E-state index in [0.717, 1.165) is 29.2 Å². The quantitative estimate of drug-likeness (QED) is 0.590. The summed E-state index contributed by atoms with van der Waals surface area (Å²) in [6.45, 7) is 0. The Hall–Kier alpha value is -2.22. The first-order valence-electron chi connectivity index (χ1n) is 7.18. The highest BCUT2D eigenvalue weighted by molar-refractivity contribution is 5.92. The summed E-state index contributed by atoms with van der Waals surface area (Å²) in [5.41, 5.74) is 7.55. The number of hydrogen-bond donors (Lipinski definition) is 0. The molecule has 2 aliphatic heterocycles. The molecule has 1 aliphatic carbocycles. The molecule has 2 aromatic rings. The van der Waals surface area contributed by atoms with Crippen LogP contribution >= 0.6 is 0 Å². The van der Waals surface area contributed by atoms with Crippen LogP contribution in [-0.4, -0.2) is 0 Å². The van der Waals surface area contributed by atoms with Crippen LogP contribution in [0.1, 0.15) is 24.8 Å². The van der Waals surface area contributed by atoms with Crippen molar-refractivity contribution in [3.8, 4) is 11.1 Å². The van der Waals surface area contributed by atoms with Crippen LogP contribution in [0.2, 0.25) is 0 Å². The molecule has 3 aliphatic rings. The molecule has 2 nitrogen and oxygen atoms in total. The average molecular weight is 257 g/mol. The van der Waals surface area contributed by atoms with Crippen LogP contribution in [0.15, 0.2) is 52.1 Å². The van der Waals surface area contributed by atoms with Gasteiger partial charge in [-0.3, -0.25) is 4.99 Å². The summed E-state index contributed by atoms with van der Waals surface area (Å²) in [4.78, 5) is 9.58. The summed E-state index contributed by atoms with van der Waals surface area (Å²) in [5.74, 6) is 0. The van der Waals surface area contributed by atoms with E-state index >= 15 is 0 Å². The van der Waals surface area contributed by atoms with Crippen LogP contribution in [0.3, 0.4) is 0 Å². The topological polar surface area (TPSA) is 24.7 Å². The number of benzene rings is 2. The summed E-state index contributed by atoms with van der Waals surface area (Å²) < 4.78 is 0. The zero-order valence-corrected chi connectivity index (χ0v) is 11.1. The Labute approximate surface area is 117 Å². The highest BCUT2D eigenvalue weighted by Crippen LogP contribution is 2.41. The van der Waals surface area contributed by atoms with E-state index in [0.29, 0.717) is 0 Å². The lowest BCUT2D eigenvalue weighted by Gasteiger charge is -2.14. The standard InChI is InChI=1S/C18H13N2/c1-3-7-13-11(5-1)17-15(19-13)9-10-16-18(17)12-6-2-4-8-14(12)20-16/h1,3,5-7,9-10H,2,4,8H2. The molecular weight excluding hydrogens is 244 g/mol. The molecule has 1 radical (unpaired) electrons. The number of nitrogens with zero attached hydrogens (tertiary/aromatic N) is 2. The van der Waals surface area contributed by atoms with E-state index in [1.807, 2.05) is 0 Å². The molecule has 2 aromatic carbocycles. The monoisotopic (exact) mass is 257 g/mol. The minimum Gasteiger partial charge on any atom is -0.252 e. The van der Waals surface area contributed by atoms with Crippen molar-refractivity contribution >= 4 is 11.3 Å². The number of hydrogen-bond acceptors (Lipinski definition) is 2. The number of fused-ring (bicyclic) bond motifs is 6. The zero-order valence-electron chi connectivity index (χ0n) is 11.1. The fourth-order valence-electron chi connectivity index (χ4n) is 3.50. The van der Waals surface area contributed by atoms with Crippen LogP contribution in [0.25, 0.3) is 16.7 Å². The van der Waals surface area contributed by atoms with E-state index in [4.69, 9.17) is 9.98 Å². The van der Waals surface area contributed by atoms with E-state index in [-0.39, 0.29) is 0 Å². The van der Waals surface area contributed by atoms with Crippen molar-refractivity contribution in [2.24, 2.45) is 9.98 Å². The van der Waals surface area contributed by atoms with E-state index in [1.165, 1.54) is 34.4 Å². The molecule has 0 spiro atoms. The highest BCUT2D eigenvalue weighted by atomic mass is 14.8. The number of para-hydroxylation sites is 1. The van der Waals surface area contributed by atoms with Crippen molar-refractivity contribution < 1.29 is 0 Å². The van der Waals surface area contributed by atoms with Crippen LogP contribution in [-0.2, 0) is 0 Å². The van der Waals surface area contributed by atoms with Gasteiger partial charge in [0.05, 0.1) is 16.4 Å². The smallest absolute Gasteiger partial charge is 0.0724 e. The van der Waals surface area contributed by atoms with Crippen molar-refractivity contribution in [1.29, 1.82) is 0 Å². The van der Waals surface area contributed by atoms with Crippen molar-refractivity contribution in [2.75, 3.05) is 0 Å². The van der Waals surface area contributed by atoms with Gasteiger partial charge < -0.3 is 0 Å². The molecule has 0 aromatic heterocycles. The molecule has 0 fully saturated rings. The van der Waals surface area contributed by atoms with Gasteiger partial charge in [-0.1, -0.05) is 18.2 Å². The second kappa shape index (κ2) is 3.66. The van der Waals surface area contributed by atoms with E-state index < -0.39 is 0 Å². The van der Waals surface area contributed by atoms with Crippen molar-refractivity contribution in [3.63, 3.8) is 0 Å². The Bertz CT molecular complexity index is 904. The van der Waals surface area contributed by atoms with Crippen LogP contribution in [0.5, 0.6) is 0 Å². The van der Waals surface area contributed by atoms with Crippen LogP contribution < -0.4 is 10.7 Å². The molecule has 0 unspecified atom stereocenters. The molecule has 0 atom stereocenters. The first-order chi connectivity index (χ1) is 9.92. The largest absolute Gasteiger partial charge is 0.252 e. The van der Waals surface area contributed by atoms with E-state index in [9.17, 15) is 0 Å². The third-order valence-electron chi connectivity index (χ3n) is 4.38. The molecular formula is C18H13N2. The maximum Gasteiger partial charge on any atom is 0.0724 e. The maximum absolute atomic E-state index is 4.83. The van der Waals surface area contributed by atoms with Gasteiger partial charge in [-0.2, -0.15) is 0 Å². The first kappa shape index (κ1) is 10.6. The fraction of sp³-hybridized carbons (Fsp3) is 0.167. The summed E-state index contributed by atoms with van der Waals surface area (Å²) in [6, 6.07) is 12.6. The summed E-state index contributed by atoms with van der Waals surface area (Å²) in [7, 11) is 0. The summed E-state index contributed by atoms with van der Waals surface area (Å²) >= 11 is 0. The molecule has 0 saturated heterocycles. The van der Waals surface area contributed by atoms with E-state index in [2.05, 4.69) is 42.8 Å². The van der Waals surface area contributed by atoms with Crippen LogP contribution in [0, 0.1) is 6.42 Å². The van der Waals surface area contributed by atoms with Gasteiger partial charge in [0.15, 0.2) is 0 Å². The minimum absolute atomic E-state index is 1.08. The van der Waals surface area contributed by atoms with Gasteiger partial charge in [0.2, 0.25) is 0 Å². The number of allylic oxidation sites excluding steroid dienone is 2. The molecule has 95 valence electrons. The molecule has 0 amide bonds. The molecule has 0 saturated carbocycles. The summed E-state index contributed by atoms with van der Waals surface area (Å²) in [5, 5.41) is 2.21. The van der Waals surface area contributed by atoms with Crippen LogP contribution in [0.4, 0.5) is 5.69 Å². The van der Waals surface area contributed by atoms with Gasteiger partial charge in [0.1, 0.15) is 0 Å². The Morgan fingerprint density at radius 3 is 2.65 bits per heavy atom. The normalized spacial score (nSPS) is 17.8. The van der Waals surface area contributed by atoms with Gasteiger partial charge in [0.25, 0.3) is 0 Å². The SMILES string of the molecule is [CH]1CCCC2=C1c1c3c(ccc1=N2)=Nc1ccccc1-3. The zero-order chi connectivity index (χ0) is 13.1. The fourth-order valence-corrected chi connectivity index (χ4v) is 3.50. The van der Waals surface area contributed by atoms with Crippen molar-refractivity contribution in [3.05, 3.63) is 64.8 Å².